The first kappa shape index (κ1) is 9.56. The summed E-state index contributed by atoms with van der Waals surface area (Å²) in [5, 5.41) is 0. The summed E-state index contributed by atoms with van der Waals surface area (Å²) in [4.78, 5) is 13.3. The minimum absolute atomic E-state index is 0.214. The summed E-state index contributed by atoms with van der Waals surface area (Å²) in [5.74, 6) is 1.47. The minimum atomic E-state index is 0.214. The highest BCUT2D eigenvalue weighted by Crippen LogP contribution is 2.34. The molecule has 2 nitrogen and oxygen atoms in total. The van der Waals surface area contributed by atoms with Crippen LogP contribution in [0.3, 0.4) is 0 Å². The first-order chi connectivity index (χ1) is 5.46. The highest BCUT2D eigenvalue weighted by atomic mass is 16.2. The highest BCUT2D eigenvalue weighted by Gasteiger charge is 2.40. The number of carbonyl (C=O) groups excluding carboxylic acids is 1. The molecule has 2 heteroatoms. The summed E-state index contributed by atoms with van der Waals surface area (Å²) in [6, 6.07) is 0.819. The quantitative estimate of drug-likeness (QED) is 0.542. The number of amides is 1. The summed E-state index contributed by atoms with van der Waals surface area (Å²) in [5.41, 5.74) is 0. The molecule has 1 heterocycles. The van der Waals surface area contributed by atoms with Crippen molar-refractivity contribution in [2.24, 2.45) is 11.8 Å². The molecular formula is C10H19NO. The van der Waals surface area contributed by atoms with E-state index in [1.165, 1.54) is 0 Å². The van der Waals surface area contributed by atoms with Gasteiger partial charge in [-0.3, -0.25) is 4.79 Å². The van der Waals surface area contributed by atoms with Gasteiger partial charge in [0.05, 0.1) is 0 Å². The van der Waals surface area contributed by atoms with E-state index in [1.807, 2.05) is 4.90 Å². The van der Waals surface area contributed by atoms with E-state index >= 15 is 0 Å². The van der Waals surface area contributed by atoms with Crippen LogP contribution in [0.2, 0.25) is 0 Å². The highest BCUT2D eigenvalue weighted by molar-refractivity contribution is 5.74. The Morgan fingerprint density at radius 2 is 1.33 bits per heavy atom. The molecule has 4 atom stereocenters. The fraction of sp³-hybridized carbons (Fsp3) is 0.900. The molecule has 0 saturated carbocycles. The molecule has 4 unspecified atom stereocenters. The maximum atomic E-state index is 11.3. The van der Waals surface area contributed by atoms with E-state index in [2.05, 4.69) is 27.7 Å². The van der Waals surface area contributed by atoms with Gasteiger partial charge in [-0.2, -0.15) is 0 Å². The molecule has 0 N–H and O–H groups in total. The van der Waals surface area contributed by atoms with Crippen LogP contribution in [0.15, 0.2) is 0 Å². The Hall–Kier alpha value is -0.530. The maximum absolute atomic E-state index is 11.3. The second-order valence-corrected chi connectivity index (χ2v) is 4.13. The lowest BCUT2D eigenvalue weighted by Gasteiger charge is -2.25. The molecule has 0 aromatic rings. The van der Waals surface area contributed by atoms with E-state index in [0.717, 1.165) is 0 Å². The van der Waals surface area contributed by atoms with Crippen molar-refractivity contribution in [3.63, 3.8) is 0 Å². The number of hydrogen-bond acceptors (Lipinski definition) is 1. The van der Waals surface area contributed by atoms with Crippen LogP contribution in [0.25, 0.3) is 0 Å². The third-order valence-electron chi connectivity index (χ3n) is 3.59. The van der Waals surface area contributed by atoms with Crippen LogP contribution < -0.4 is 0 Å². The van der Waals surface area contributed by atoms with E-state index in [-0.39, 0.29) is 5.91 Å². The van der Waals surface area contributed by atoms with Gasteiger partial charge in [-0.1, -0.05) is 13.8 Å². The summed E-state index contributed by atoms with van der Waals surface area (Å²) in [6.45, 7) is 10.4. The Bertz CT molecular complexity index is 176. The number of nitrogens with zero attached hydrogens (tertiary/aromatic N) is 1. The molecule has 0 aliphatic carbocycles. The smallest absolute Gasteiger partial charge is 0.219 e. The third kappa shape index (κ3) is 1.23. The van der Waals surface area contributed by atoms with Crippen molar-refractivity contribution in [1.29, 1.82) is 0 Å². The summed E-state index contributed by atoms with van der Waals surface area (Å²) in [6.07, 6.45) is 0. The minimum Gasteiger partial charge on any atom is -0.337 e. The molecule has 0 aromatic carbocycles. The lowest BCUT2D eigenvalue weighted by atomic mass is 9.92. The Balaban J connectivity index is 2.83. The van der Waals surface area contributed by atoms with Crippen molar-refractivity contribution in [2.75, 3.05) is 0 Å². The standard InChI is InChI=1S/C10H19NO/c1-6-7(2)9(4)11(8(6)3)10(5)12/h6-9H,1-5H3. The molecule has 1 aliphatic heterocycles. The Labute approximate surface area is 74.9 Å². The molecule has 70 valence electrons. The average Bonchev–Trinajstić information content (AvgIpc) is 2.16. The second kappa shape index (κ2) is 3.08. The second-order valence-electron chi connectivity index (χ2n) is 4.13. The number of likely N-dealkylation sites (tertiary alicyclic amines) is 1. The van der Waals surface area contributed by atoms with Crippen LogP contribution in [0.5, 0.6) is 0 Å². The van der Waals surface area contributed by atoms with Crippen LogP contribution in [-0.4, -0.2) is 22.9 Å². The largest absolute Gasteiger partial charge is 0.337 e. The van der Waals surface area contributed by atoms with Gasteiger partial charge in [0.15, 0.2) is 0 Å². The molecule has 0 aromatic heterocycles. The van der Waals surface area contributed by atoms with Gasteiger partial charge in [0.1, 0.15) is 0 Å². The monoisotopic (exact) mass is 169 g/mol. The van der Waals surface area contributed by atoms with Crippen LogP contribution >= 0.6 is 0 Å². The molecule has 1 aliphatic rings. The first-order valence-electron chi connectivity index (χ1n) is 4.75. The van der Waals surface area contributed by atoms with Gasteiger partial charge < -0.3 is 4.90 Å². The van der Waals surface area contributed by atoms with E-state index in [1.54, 1.807) is 6.92 Å². The average molecular weight is 169 g/mol. The predicted octanol–water partition coefficient (Wildman–Crippen LogP) is 1.90. The molecule has 0 spiro atoms. The van der Waals surface area contributed by atoms with Crippen molar-refractivity contribution < 1.29 is 4.79 Å². The lowest BCUT2D eigenvalue weighted by molar-refractivity contribution is -0.131. The van der Waals surface area contributed by atoms with Gasteiger partial charge in [-0.25, -0.2) is 0 Å². The topological polar surface area (TPSA) is 20.3 Å². The number of carbonyl (C=O) groups is 1. The van der Waals surface area contributed by atoms with E-state index < -0.39 is 0 Å². The molecular weight excluding hydrogens is 150 g/mol. The number of hydrogen-bond donors (Lipinski definition) is 0. The summed E-state index contributed by atoms with van der Waals surface area (Å²) in [7, 11) is 0. The third-order valence-corrected chi connectivity index (χ3v) is 3.59. The fourth-order valence-corrected chi connectivity index (χ4v) is 2.33. The zero-order valence-electron chi connectivity index (χ0n) is 8.66. The van der Waals surface area contributed by atoms with Gasteiger partial charge in [0.25, 0.3) is 0 Å². The van der Waals surface area contributed by atoms with Gasteiger partial charge in [-0.15, -0.1) is 0 Å². The van der Waals surface area contributed by atoms with Gasteiger partial charge in [0, 0.05) is 19.0 Å². The zero-order chi connectivity index (χ0) is 9.46. The van der Waals surface area contributed by atoms with Gasteiger partial charge in [-0.05, 0) is 25.7 Å². The van der Waals surface area contributed by atoms with E-state index in [9.17, 15) is 4.79 Å². The maximum Gasteiger partial charge on any atom is 0.219 e. The van der Waals surface area contributed by atoms with Crippen LogP contribution in [0.1, 0.15) is 34.6 Å². The normalized spacial score (nSPS) is 41.9. The van der Waals surface area contributed by atoms with Crippen LogP contribution in [0.4, 0.5) is 0 Å². The molecule has 1 rings (SSSR count). The molecule has 0 bridgehead atoms. The predicted molar refractivity (Wildman–Crippen MR) is 49.8 cm³/mol. The lowest BCUT2D eigenvalue weighted by Crippen LogP contribution is -2.38. The molecule has 1 saturated heterocycles. The summed E-state index contributed by atoms with van der Waals surface area (Å²) >= 11 is 0. The van der Waals surface area contributed by atoms with Crippen molar-refractivity contribution in [1.82, 2.24) is 4.90 Å². The first-order valence-corrected chi connectivity index (χ1v) is 4.75. The SMILES string of the molecule is CC(=O)N1C(C)C(C)C(C)C1C. The van der Waals surface area contributed by atoms with Gasteiger partial charge >= 0.3 is 0 Å². The van der Waals surface area contributed by atoms with Crippen molar-refractivity contribution >= 4 is 5.91 Å². The number of rotatable bonds is 0. The van der Waals surface area contributed by atoms with Crippen molar-refractivity contribution in [3.8, 4) is 0 Å². The zero-order valence-corrected chi connectivity index (χ0v) is 8.66. The van der Waals surface area contributed by atoms with Crippen molar-refractivity contribution in [3.05, 3.63) is 0 Å². The fourth-order valence-electron chi connectivity index (χ4n) is 2.33. The molecule has 1 amide bonds. The van der Waals surface area contributed by atoms with Gasteiger partial charge in [0.2, 0.25) is 5.91 Å². The van der Waals surface area contributed by atoms with Crippen LogP contribution in [-0.2, 0) is 4.79 Å². The summed E-state index contributed by atoms with van der Waals surface area (Å²) < 4.78 is 0. The Morgan fingerprint density at radius 1 is 1.00 bits per heavy atom. The van der Waals surface area contributed by atoms with E-state index in [0.29, 0.717) is 23.9 Å². The Kier molecular flexibility index (Phi) is 2.45. The van der Waals surface area contributed by atoms with Crippen LogP contribution in [0, 0.1) is 11.8 Å². The molecule has 1 fully saturated rings. The Morgan fingerprint density at radius 3 is 1.50 bits per heavy atom. The van der Waals surface area contributed by atoms with Crippen molar-refractivity contribution in [2.45, 2.75) is 46.7 Å². The molecule has 12 heavy (non-hydrogen) atoms. The molecule has 0 radical (unpaired) electrons. The van der Waals surface area contributed by atoms with E-state index in [4.69, 9.17) is 0 Å².